The SMILES string of the molecule is CCCCCC1(SCN)CCCN1C(=O)OC(C)(C)C. The molecule has 1 amide bonds. The number of hydrogen-bond acceptors (Lipinski definition) is 4. The number of hydrogen-bond donors (Lipinski definition) is 1. The maximum atomic E-state index is 12.4. The second-order valence-electron chi connectivity index (χ2n) is 6.45. The van der Waals surface area contributed by atoms with Gasteiger partial charge < -0.3 is 10.5 Å². The molecular weight excluding hydrogens is 272 g/mol. The van der Waals surface area contributed by atoms with Crippen LogP contribution >= 0.6 is 11.8 Å². The van der Waals surface area contributed by atoms with Crippen LogP contribution in [0.15, 0.2) is 0 Å². The lowest BCUT2D eigenvalue weighted by Crippen LogP contribution is -2.47. The molecule has 0 aromatic carbocycles. The molecule has 0 aromatic heterocycles. The third kappa shape index (κ3) is 4.85. The van der Waals surface area contributed by atoms with Crippen LogP contribution in [0.5, 0.6) is 0 Å². The first-order valence-electron chi connectivity index (χ1n) is 7.69. The number of ether oxygens (including phenoxy) is 1. The van der Waals surface area contributed by atoms with Crippen molar-refractivity contribution in [3.05, 3.63) is 0 Å². The molecule has 1 aliphatic heterocycles. The van der Waals surface area contributed by atoms with Gasteiger partial charge in [-0.2, -0.15) is 0 Å². The molecule has 1 aliphatic rings. The van der Waals surface area contributed by atoms with Gasteiger partial charge in [-0.1, -0.05) is 26.2 Å². The molecule has 4 nitrogen and oxygen atoms in total. The molecule has 5 heteroatoms. The average Bonchev–Trinajstić information content (AvgIpc) is 2.72. The van der Waals surface area contributed by atoms with Crippen LogP contribution < -0.4 is 5.73 Å². The van der Waals surface area contributed by atoms with Gasteiger partial charge in [-0.3, -0.25) is 4.90 Å². The van der Waals surface area contributed by atoms with Gasteiger partial charge in [-0.05, 0) is 40.0 Å². The molecule has 0 saturated carbocycles. The van der Waals surface area contributed by atoms with E-state index in [-0.39, 0.29) is 11.0 Å². The highest BCUT2D eigenvalue weighted by molar-refractivity contribution is 8.00. The van der Waals surface area contributed by atoms with Crippen molar-refractivity contribution in [3.8, 4) is 0 Å². The molecule has 1 heterocycles. The molecule has 1 fully saturated rings. The summed E-state index contributed by atoms with van der Waals surface area (Å²) in [7, 11) is 0. The maximum Gasteiger partial charge on any atom is 0.411 e. The molecule has 1 unspecified atom stereocenters. The number of nitrogens with two attached hydrogens (primary N) is 1. The van der Waals surface area contributed by atoms with Crippen LogP contribution in [-0.4, -0.2) is 33.9 Å². The second kappa shape index (κ2) is 7.55. The largest absolute Gasteiger partial charge is 0.444 e. The summed E-state index contributed by atoms with van der Waals surface area (Å²) in [6, 6.07) is 0. The van der Waals surface area contributed by atoms with Crippen molar-refractivity contribution in [2.45, 2.75) is 76.7 Å². The van der Waals surface area contributed by atoms with Gasteiger partial charge in [-0.25, -0.2) is 4.79 Å². The van der Waals surface area contributed by atoms with E-state index in [0.717, 1.165) is 32.2 Å². The minimum absolute atomic E-state index is 0.147. The highest BCUT2D eigenvalue weighted by atomic mass is 32.2. The van der Waals surface area contributed by atoms with E-state index in [1.54, 1.807) is 11.8 Å². The van der Waals surface area contributed by atoms with Crippen LogP contribution in [0.2, 0.25) is 0 Å². The number of unbranched alkanes of at least 4 members (excludes halogenated alkanes) is 2. The van der Waals surface area contributed by atoms with E-state index in [4.69, 9.17) is 10.5 Å². The Kier molecular flexibility index (Phi) is 6.65. The Labute approximate surface area is 127 Å². The van der Waals surface area contributed by atoms with Crippen molar-refractivity contribution in [3.63, 3.8) is 0 Å². The number of amides is 1. The van der Waals surface area contributed by atoms with Crippen molar-refractivity contribution in [2.75, 3.05) is 12.4 Å². The van der Waals surface area contributed by atoms with Gasteiger partial charge in [0.05, 0.1) is 4.87 Å². The van der Waals surface area contributed by atoms with Crippen molar-refractivity contribution in [2.24, 2.45) is 5.73 Å². The van der Waals surface area contributed by atoms with Gasteiger partial charge in [0.1, 0.15) is 5.60 Å². The summed E-state index contributed by atoms with van der Waals surface area (Å²) in [4.78, 5) is 14.2. The van der Waals surface area contributed by atoms with E-state index in [2.05, 4.69) is 6.92 Å². The monoisotopic (exact) mass is 302 g/mol. The number of rotatable bonds is 6. The topological polar surface area (TPSA) is 55.6 Å². The van der Waals surface area contributed by atoms with Gasteiger partial charge in [0.2, 0.25) is 0 Å². The molecule has 0 radical (unpaired) electrons. The van der Waals surface area contributed by atoms with Gasteiger partial charge in [-0.15, -0.1) is 11.8 Å². The molecule has 118 valence electrons. The zero-order valence-corrected chi connectivity index (χ0v) is 14.2. The molecule has 0 spiro atoms. The Hall–Kier alpha value is -0.420. The van der Waals surface area contributed by atoms with Crippen molar-refractivity contribution >= 4 is 17.9 Å². The average molecular weight is 302 g/mol. The lowest BCUT2D eigenvalue weighted by Gasteiger charge is -2.38. The summed E-state index contributed by atoms with van der Waals surface area (Å²) >= 11 is 1.70. The predicted molar refractivity (Wildman–Crippen MR) is 85.7 cm³/mol. The lowest BCUT2D eigenvalue weighted by atomic mass is 10.1. The second-order valence-corrected chi connectivity index (χ2v) is 7.83. The summed E-state index contributed by atoms with van der Waals surface area (Å²) < 4.78 is 5.56. The molecule has 0 aromatic rings. The third-order valence-corrected chi connectivity index (χ3v) is 4.91. The van der Waals surface area contributed by atoms with Crippen LogP contribution in [0, 0.1) is 0 Å². The standard InChI is InChI=1S/C15H30N2O2S/c1-5-6-7-9-15(20-12-16)10-8-11-17(15)13(18)19-14(2,3)4/h5-12,16H2,1-4H3. The van der Waals surface area contributed by atoms with Crippen LogP contribution in [0.1, 0.15) is 66.2 Å². The normalized spacial score (nSPS) is 23.1. The number of carbonyl (C=O) groups is 1. The number of carbonyl (C=O) groups excluding carboxylic acids is 1. The summed E-state index contributed by atoms with van der Waals surface area (Å²) in [6.45, 7) is 8.72. The highest BCUT2D eigenvalue weighted by Crippen LogP contribution is 2.43. The molecule has 20 heavy (non-hydrogen) atoms. The predicted octanol–water partition coefficient (Wildman–Crippen LogP) is 3.94. The zero-order chi connectivity index (χ0) is 15.2. The van der Waals surface area contributed by atoms with Gasteiger partial charge in [0.25, 0.3) is 0 Å². The Bertz CT molecular complexity index is 317. The Balaban J connectivity index is 2.77. The van der Waals surface area contributed by atoms with Crippen LogP contribution in [0.25, 0.3) is 0 Å². The summed E-state index contributed by atoms with van der Waals surface area (Å²) in [5.74, 6) is 0.547. The lowest BCUT2D eigenvalue weighted by molar-refractivity contribution is 0.0185. The molecular formula is C15H30N2O2S. The van der Waals surface area contributed by atoms with Crippen LogP contribution in [0.4, 0.5) is 4.79 Å². The maximum absolute atomic E-state index is 12.4. The number of nitrogens with zero attached hydrogens (tertiary/aromatic N) is 1. The van der Waals surface area contributed by atoms with Crippen LogP contribution in [-0.2, 0) is 4.74 Å². The fraction of sp³-hybridized carbons (Fsp3) is 0.933. The Morgan fingerprint density at radius 1 is 1.40 bits per heavy atom. The molecule has 0 bridgehead atoms. The van der Waals surface area contributed by atoms with E-state index in [1.165, 1.54) is 12.8 Å². The molecule has 1 atom stereocenters. The quantitative estimate of drug-likeness (QED) is 0.596. The van der Waals surface area contributed by atoms with E-state index < -0.39 is 5.60 Å². The number of likely N-dealkylation sites (tertiary alicyclic amines) is 1. The molecule has 1 rings (SSSR count). The first kappa shape index (κ1) is 17.6. The summed E-state index contributed by atoms with van der Waals surface area (Å²) in [5.41, 5.74) is 5.33. The number of thioether (sulfide) groups is 1. The third-order valence-electron chi connectivity index (χ3n) is 3.58. The van der Waals surface area contributed by atoms with E-state index in [0.29, 0.717) is 5.88 Å². The van der Waals surface area contributed by atoms with Crippen molar-refractivity contribution in [1.29, 1.82) is 0 Å². The van der Waals surface area contributed by atoms with Gasteiger partial charge in [0.15, 0.2) is 0 Å². The van der Waals surface area contributed by atoms with Gasteiger partial charge >= 0.3 is 6.09 Å². The molecule has 2 N–H and O–H groups in total. The Morgan fingerprint density at radius 2 is 2.10 bits per heavy atom. The van der Waals surface area contributed by atoms with E-state index in [9.17, 15) is 4.79 Å². The first-order chi connectivity index (χ1) is 9.34. The van der Waals surface area contributed by atoms with Crippen LogP contribution in [0.3, 0.4) is 0 Å². The van der Waals surface area contributed by atoms with E-state index >= 15 is 0 Å². The highest BCUT2D eigenvalue weighted by Gasteiger charge is 2.44. The van der Waals surface area contributed by atoms with Crippen molar-refractivity contribution in [1.82, 2.24) is 4.90 Å². The fourth-order valence-corrected chi connectivity index (χ4v) is 3.92. The van der Waals surface area contributed by atoms with E-state index in [1.807, 2.05) is 25.7 Å². The van der Waals surface area contributed by atoms with Gasteiger partial charge in [0, 0.05) is 12.4 Å². The minimum atomic E-state index is -0.442. The molecule has 1 saturated heterocycles. The summed E-state index contributed by atoms with van der Waals surface area (Å²) in [6.07, 6.45) is 6.43. The Morgan fingerprint density at radius 3 is 2.65 bits per heavy atom. The molecule has 0 aliphatic carbocycles. The zero-order valence-electron chi connectivity index (χ0n) is 13.4. The smallest absolute Gasteiger partial charge is 0.411 e. The van der Waals surface area contributed by atoms with Crippen molar-refractivity contribution < 1.29 is 9.53 Å². The fourth-order valence-electron chi connectivity index (χ4n) is 2.72. The minimum Gasteiger partial charge on any atom is -0.444 e. The summed E-state index contributed by atoms with van der Waals surface area (Å²) in [5, 5.41) is 0. The first-order valence-corrected chi connectivity index (χ1v) is 8.68.